The molecule has 8 nitrogen and oxygen atoms in total. The number of phenolic OH excluding ortho intramolecular Hbond substituents is 2. The molecule has 1 aromatic heterocycles. The largest absolute Gasteiger partial charge is 0.504 e. The molecule has 0 saturated heterocycles. The Labute approximate surface area is 118 Å². The minimum absolute atomic E-state index is 0.171. The summed E-state index contributed by atoms with van der Waals surface area (Å²) in [5.74, 6) is -1.87. The molecule has 2 aromatic rings. The number of aromatic hydroxyl groups is 2. The van der Waals surface area contributed by atoms with Gasteiger partial charge in [-0.25, -0.2) is 4.98 Å². The molecule has 2 rings (SSSR count). The molecule has 0 atom stereocenters. The van der Waals surface area contributed by atoms with Gasteiger partial charge < -0.3 is 10.2 Å². The van der Waals surface area contributed by atoms with Gasteiger partial charge in [-0.2, -0.15) is 5.26 Å². The number of nitriles is 1. The van der Waals surface area contributed by atoms with E-state index in [0.29, 0.717) is 0 Å². The van der Waals surface area contributed by atoms with E-state index in [9.17, 15) is 19.9 Å². The second-order valence-corrected chi connectivity index (χ2v) is 3.94. The van der Waals surface area contributed by atoms with Crippen LogP contribution < -0.4 is 0 Å². The third-order valence-corrected chi connectivity index (χ3v) is 2.59. The SMILES string of the molecule is N#C/C(=C\c1cc(O)c(O)c(N=O)c1)C(=O)n1ccnc1. The van der Waals surface area contributed by atoms with Crippen molar-refractivity contribution >= 4 is 17.7 Å². The van der Waals surface area contributed by atoms with Crippen molar-refractivity contribution in [1.82, 2.24) is 9.55 Å². The first-order chi connectivity index (χ1) is 10.1. The number of phenols is 2. The van der Waals surface area contributed by atoms with Crippen LogP contribution in [0, 0.1) is 16.2 Å². The summed E-state index contributed by atoms with van der Waals surface area (Å²) in [6.45, 7) is 0. The molecule has 1 aromatic carbocycles. The summed E-state index contributed by atoms with van der Waals surface area (Å²) >= 11 is 0. The number of benzene rings is 1. The first-order valence-corrected chi connectivity index (χ1v) is 5.60. The molecule has 21 heavy (non-hydrogen) atoms. The van der Waals surface area contributed by atoms with Crippen LogP contribution in [-0.4, -0.2) is 25.7 Å². The van der Waals surface area contributed by atoms with E-state index in [4.69, 9.17) is 5.26 Å². The van der Waals surface area contributed by atoms with Crippen LogP contribution in [0.3, 0.4) is 0 Å². The summed E-state index contributed by atoms with van der Waals surface area (Å²) in [4.78, 5) is 26.2. The number of rotatable bonds is 3. The lowest BCUT2D eigenvalue weighted by Crippen LogP contribution is -2.10. The zero-order chi connectivity index (χ0) is 15.4. The summed E-state index contributed by atoms with van der Waals surface area (Å²) in [6, 6.07) is 3.96. The predicted molar refractivity (Wildman–Crippen MR) is 71.7 cm³/mol. The summed E-state index contributed by atoms with van der Waals surface area (Å²) < 4.78 is 1.11. The van der Waals surface area contributed by atoms with E-state index in [-0.39, 0.29) is 11.1 Å². The van der Waals surface area contributed by atoms with Gasteiger partial charge in [-0.1, -0.05) is 0 Å². The fraction of sp³-hybridized carbons (Fsp3) is 0. The molecule has 0 fully saturated rings. The Morgan fingerprint density at radius 3 is 2.76 bits per heavy atom. The van der Waals surface area contributed by atoms with Crippen LogP contribution in [0.2, 0.25) is 0 Å². The molecule has 0 radical (unpaired) electrons. The molecule has 2 N–H and O–H groups in total. The van der Waals surface area contributed by atoms with E-state index in [1.165, 1.54) is 18.7 Å². The monoisotopic (exact) mass is 284 g/mol. The second-order valence-electron chi connectivity index (χ2n) is 3.94. The third kappa shape index (κ3) is 2.76. The highest BCUT2D eigenvalue weighted by atomic mass is 16.3. The molecule has 0 aliphatic carbocycles. The molecule has 0 spiro atoms. The number of carbonyl (C=O) groups excluding carboxylic acids is 1. The second kappa shape index (κ2) is 5.66. The fourth-order valence-corrected chi connectivity index (χ4v) is 1.61. The van der Waals surface area contributed by atoms with Gasteiger partial charge in [-0.3, -0.25) is 9.36 Å². The van der Waals surface area contributed by atoms with E-state index < -0.39 is 23.1 Å². The number of carbonyl (C=O) groups is 1. The Hall–Kier alpha value is -3.47. The van der Waals surface area contributed by atoms with Crippen LogP contribution in [0.25, 0.3) is 6.08 Å². The maximum absolute atomic E-state index is 12.0. The molecule has 0 amide bonds. The quantitative estimate of drug-likeness (QED) is 0.383. The zero-order valence-electron chi connectivity index (χ0n) is 10.5. The average Bonchev–Trinajstić information content (AvgIpc) is 3.01. The van der Waals surface area contributed by atoms with E-state index in [0.717, 1.165) is 22.8 Å². The molecule has 8 heteroatoms. The number of allylic oxidation sites excluding steroid dienone is 1. The van der Waals surface area contributed by atoms with Crippen molar-refractivity contribution in [3.63, 3.8) is 0 Å². The minimum atomic E-state index is -0.665. The van der Waals surface area contributed by atoms with Crippen LogP contribution in [0.1, 0.15) is 10.4 Å². The Bertz CT molecular complexity index is 772. The van der Waals surface area contributed by atoms with Gasteiger partial charge in [-0.05, 0) is 28.9 Å². The van der Waals surface area contributed by atoms with E-state index in [1.807, 2.05) is 0 Å². The molecule has 0 bridgehead atoms. The average molecular weight is 284 g/mol. The van der Waals surface area contributed by atoms with Gasteiger partial charge in [0.05, 0.1) is 0 Å². The van der Waals surface area contributed by atoms with Gasteiger partial charge in [0.1, 0.15) is 18.0 Å². The minimum Gasteiger partial charge on any atom is -0.504 e. The van der Waals surface area contributed by atoms with Gasteiger partial charge >= 0.3 is 0 Å². The van der Waals surface area contributed by atoms with Crippen molar-refractivity contribution in [3.8, 4) is 17.6 Å². The molecule has 0 aliphatic rings. The van der Waals surface area contributed by atoms with E-state index >= 15 is 0 Å². The highest BCUT2D eigenvalue weighted by Gasteiger charge is 2.13. The van der Waals surface area contributed by atoms with Crippen molar-refractivity contribution in [1.29, 1.82) is 5.26 Å². The van der Waals surface area contributed by atoms with E-state index in [2.05, 4.69) is 10.2 Å². The fourth-order valence-electron chi connectivity index (χ4n) is 1.61. The summed E-state index contributed by atoms with van der Waals surface area (Å²) in [7, 11) is 0. The number of imidazole rings is 1. The van der Waals surface area contributed by atoms with Crippen LogP contribution in [0.15, 0.2) is 41.6 Å². The Morgan fingerprint density at radius 1 is 1.43 bits per heavy atom. The summed E-state index contributed by atoms with van der Waals surface area (Å²) in [6.07, 6.45) is 5.16. The highest BCUT2D eigenvalue weighted by molar-refractivity contribution is 6.03. The number of nitrogens with zero attached hydrogens (tertiary/aromatic N) is 4. The van der Waals surface area contributed by atoms with Crippen molar-refractivity contribution in [2.24, 2.45) is 5.18 Å². The van der Waals surface area contributed by atoms with Crippen LogP contribution >= 0.6 is 0 Å². The van der Waals surface area contributed by atoms with Gasteiger partial charge in [-0.15, -0.1) is 4.91 Å². The van der Waals surface area contributed by atoms with Crippen molar-refractivity contribution in [2.45, 2.75) is 0 Å². The zero-order valence-corrected chi connectivity index (χ0v) is 10.5. The lowest BCUT2D eigenvalue weighted by Gasteiger charge is -2.03. The number of hydrogen-bond donors (Lipinski definition) is 2. The normalized spacial score (nSPS) is 10.9. The van der Waals surface area contributed by atoms with E-state index in [1.54, 1.807) is 6.07 Å². The molecular weight excluding hydrogens is 276 g/mol. The first kappa shape index (κ1) is 14.0. The Balaban J connectivity index is 2.46. The number of aromatic nitrogens is 2. The maximum Gasteiger partial charge on any atom is 0.273 e. The van der Waals surface area contributed by atoms with Gasteiger partial charge in [0.2, 0.25) is 0 Å². The standard InChI is InChI=1S/C13H8N4O4/c14-6-9(13(20)17-2-1-15-7-17)3-8-4-10(16-21)12(19)11(18)5-8/h1-5,7,18-19H/b9-3+. The van der Waals surface area contributed by atoms with Crippen LogP contribution in [0.4, 0.5) is 5.69 Å². The van der Waals surface area contributed by atoms with Crippen LogP contribution in [-0.2, 0) is 0 Å². The smallest absolute Gasteiger partial charge is 0.273 e. The molecule has 0 aliphatic heterocycles. The van der Waals surface area contributed by atoms with Gasteiger partial charge in [0.25, 0.3) is 5.91 Å². The topological polar surface area (TPSA) is 129 Å². The predicted octanol–water partition coefficient (Wildman–Crippen LogP) is 1.94. The number of nitroso groups, excluding NO2 is 1. The summed E-state index contributed by atoms with van der Waals surface area (Å²) in [5, 5.41) is 30.4. The third-order valence-electron chi connectivity index (χ3n) is 2.59. The molecule has 1 heterocycles. The van der Waals surface area contributed by atoms with Crippen molar-refractivity contribution in [2.75, 3.05) is 0 Å². The highest BCUT2D eigenvalue weighted by Crippen LogP contribution is 2.37. The maximum atomic E-state index is 12.0. The number of hydrogen-bond acceptors (Lipinski definition) is 7. The lowest BCUT2D eigenvalue weighted by molar-refractivity contribution is 0.0961. The van der Waals surface area contributed by atoms with Crippen LogP contribution in [0.5, 0.6) is 11.5 Å². The molecule has 0 saturated carbocycles. The van der Waals surface area contributed by atoms with Gasteiger partial charge in [0.15, 0.2) is 17.2 Å². The molecule has 104 valence electrons. The van der Waals surface area contributed by atoms with Crippen molar-refractivity contribution < 1.29 is 15.0 Å². The lowest BCUT2D eigenvalue weighted by atomic mass is 10.1. The first-order valence-electron chi connectivity index (χ1n) is 5.60. The van der Waals surface area contributed by atoms with Crippen molar-refractivity contribution in [3.05, 3.63) is 46.9 Å². The molecular formula is C13H8N4O4. The Morgan fingerprint density at radius 2 is 2.19 bits per heavy atom. The van der Waals surface area contributed by atoms with Gasteiger partial charge in [0, 0.05) is 12.4 Å². The molecule has 0 unspecified atom stereocenters. The Kier molecular flexibility index (Phi) is 3.76. The summed E-state index contributed by atoms with van der Waals surface area (Å²) in [5.41, 5.74) is -0.464.